The maximum absolute atomic E-state index is 11.3. The van der Waals surface area contributed by atoms with Gasteiger partial charge in [0.25, 0.3) is 0 Å². The van der Waals surface area contributed by atoms with Gasteiger partial charge in [0.05, 0.1) is 0 Å². The monoisotopic (exact) mass is 285 g/mol. The van der Waals surface area contributed by atoms with Crippen molar-refractivity contribution in [1.29, 1.82) is 0 Å². The normalized spacial score (nSPS) is 37.2. The maximum atomic E-state index is 11.3. The van der Waals surface area contributed by atoms with Gasteiger partial charge < -0.3 is 5.32 Å². The van der Waals surface area contributed by atoms with Crippen LogP contribution in [0.1, 0.15) is 59.3 Å². The van der Waals surface area contributed by atoms with Crippen molar-refractivity contribution in [3.63, 3.8) is 0 Å². The predicted molar refractivity (Wildman–Crippen MR) is 83.8 cm³/mol. The Balaban J connectivity index is 1.65. The number of nitrogens with one attached hydrogen (secondary N) is 1. The van der Waals surface area contributed by atoms with Gasteiger partial charge in [-0.25, -0.2) is 0 Å². The van der Waals surface area contributed by atoms with Gasteiger partial charge in [-0.2, -0.15) is 0 Å². The van der Waals surface area contributed by atoms with E-state index in [0.29, 0.717) is 11.5 Å². The van der Waals surface area contributed by atoms with E-state index in [2.05, 4.69) is 26.1 Å². The molecule has 0 spiro atoms. The van der Waals surface area contributed by atoms with Gasteiger partial charge in [-0.1, -0.05) is 20.8 Å². The molecule has 0 radical (unpaired) electrons. The Kier molecular flexibility index (Phi) is 5.47. The Morgan fingerprint density at radius 2 is 1.58 bits per heavy atom. The minimum Gasteiger partial charge on any atom is -0.314 e. The first kappa shape index (κ1) is 15.5. The quantitative estimate of drug-likeness (QED) is 0.861. The van der Waals surface area contributed by atoms with Crippen LogP contribution in [-0.2, 0) is 10.8 Å². The topological polar surface area (TPSA) is 29.1 Å². The van der Waals surface area contributed by atoms with Crippen LogP contribution in [0.4, 0.5) is 0 Å². The van der Waals surface area contributed by atoms with Gasteiger partial charge >= 0.3 is 0 Å². The number of hydrogen-bond acceptors (Lipinski definition) is 2. The van der Waals surface area contributed by atoms with Crippen molar-refractivity contribution in [1.82, 2.24) is 5.32 Å². The van der Waals surface area contributed by atoms with E-state index in [0.717, 1.165) is 36.2 Å². The summed E-state index contributed by atoms with van der Waals surface area (Å²) in [5.74, 6) is 3.62. The fourth-order valence-electron chi connectivity index (χ4n) is 3.56. The van der Waals surface area contributed by atoms with Crippen molar-refractivity contribution in [2.75, 3.05) is 18.1 Å². The van der Waals surface area contributed by atoms with E-state index >= 15 is 0 Å². The molecule has 2 rings (SSSR count). The summed E-state index contributed by atoms with van der Waals surface area (Å²) in [6.07, 6.45) is 7.84. The summed E-state index contributed by atoms with van der Waals surface area (Å²) in [5, 5.41) is 3.73. The fourth-order valence-corrected chi connectivity index (χ4v) is 4.86. The molecule has 1 aliphatic heterocycles. The molecule has 1 aliphatic carbocycles. The van der Waals surface area contributed by atoms with Gasteiger partial charge in [-0.3, -0.25) is 4.21 Å². The Labute approximate surface area is 121 Å². The van der Waals surface area contributed by atoms with Gasteiger partial charge in [0.2, 0.25) is 0 Å². The second-order valence-electron chi connectivity index (χ2n) is 7.61. The van der Waals surface area contributed by atoms with E-state index in [1.54, 1.807) is 0 Å². The highest BCUT2D eigenvalue weighted by Crippen LogP contribution is 2.39. The van der Waals surface area contributed by atoms with Crippen LogP contribution < -0.4 is 5.32 Å². The second kappa shape index (κ2) is 6.71. The molecule has 2 fully saturated rings. The molecule has 0 atom stereocenters. The molecule has 2 nitrogen and oxygen atoms in total. The molecule has 1 saturated carbocycles. The first-order valence-electron chi connectivity index (χ1n) is 8.03. The molecule has 1 heterocycles. The third-order valence-electron chi connectivity index (χ3n) is 5.15. The summed E-state index contributed by atoms with van der Waals surface area (Å²) in [5.41, 5.74) is 0.492. The van der Waals surface area contributed by atoms with Crippen LogP contribution in [0.3, 0.4) is 0 Å². The van der Waals surface area contributed by atoms with Crippen LogP contribution in [0.25, 0.3) is 0 Å². The lowest BCUT2D eigenvalue weighted by Gasteiger charge is -2.37. The SMILES string of the molecule is CC(C)(C)C1CCC(CNC2CCS(=O)CC2)CC1. The standard InChI is InChI=1S/C16H31NOS/c1-16(2,3)14-6-4-13(5-7-14)12-17-15-8-10-19(18)11-9-15/h13-15,17H,4-12H2,1-3H3. The predicted octanol–water partition coefficient (Wildman–Crippen LogP) is 3.34. The first-order chi connectivity index (χ1) is 8.95. The highest BCUT2D eigenvalue weighted by Gasteiger charge is 2.29. The Morgan fingerprint density at radius 1 is 1.00 bits per heavy atom. The van der Waals surface area contributed by atoms with Gasteiger partial charge in [0.15, 0.2) is 0 Å². The molecule has 1 N–H and O–H groups in total. The van der Waals surface area contributed by atoms with E-state index in [1.165, 1.54) is 32.2 Å². The molecule has 0 aromatic heterocycles. The van der Waals surface area contributed by atoms with Crippen molar-refractivity contribution in [2.45, 2.75) is 65.3 Å². The molecule has 112 valence electrons. The average Bonchev–Trinajstić information content (AvgIpc) is 2.37. The molecule has 1 saturated heterocycles. The van der Waals surface area contributed by atoms with Crippen LogP contribution in [0, 0.1) is 17.3 Å². The number of hydrogen-bond donors (Lipinski definition) is 1. The summed E-state index contributed by atoms with van der Waals surface area (Å²) in [4.78, 5) is 0. The minimum atomic E-state index is -0.524. The molecule has 0 aromatic carbocycles. The van der Waals surface area contributed by atoms with E-state index in [9.17, 15) is 4.21 Å². The zero-order chi connectivity index (χ0) is 13.9. The third kappa shape index (κ3) is 4.86. The van der Waals surface area contributed by atoms with Crippen molar-refractivity contribution in [2.24, 2.45) is 17.3 Å². The molecule has 0 unspecified atom stereocenters. The molecule has 3 heteroatoms. The Hall–Kier alpha value is 0.110. The lowest BCUT2D eigenvalue weighted by Crippen LogP contribution is -2.39. The summed E-state index contributed by atoms with van der Waals surface area (Å²) < 4.78 is 11.3. The van der Waals surface area contributed by atoms with Crippen molar-refractivity contribution in [3.05, 3.63) is 0 Å². The van der Waals surface area contributed by atoms with E-state index in [1.807, 2.05) is 0 Å². The lowest BCUT2D eigenvalue weighted by atomic mass is 9.70. The van der Waals surface area contributed by atoms with Gasteiger partial charge in [0.1, 0.15) is 0 Å². The third-order valence-corrected chi connectivity index (χ3v) is 6.54. The Morgan fingerprint density at radius 3 is 2.11 bits per heavy atom. The summed E-state index contributed by atoms with van der Waals surface area (Å²) in [6, 6.07) is 0.637. The van der Waals surface area contributed by atoms with Gasteiger partial charge in [-0.15, -0.1) is 0 Å². The molecule has 0 bridgehead atoms. The summed E-state index contributed by atoms with van der Waals surface area (Å²) >= 11 is 0. The smallest absolute Gasteiger partial charge is 0.0249 e. The van der Waals surface area contributed by atoms with Gasteiger partial charge in [-0.05, 0) is 62.3 Å². The maximum Gasteiger partial charge on any atom is 0.0249 e. The Bertz CT molecular complexity index is 292. The van der Waals surface area contributed by atoms with E-state index < -0.39 is 10.8 Å². The van der Waals surface area contributed by atoms with Crippen LogP contribution >= 0.6 is 0 Å². The molecule has 19 heavy (non-hydrogen) atoms. The van der Waals surface area contributed by atoms with E-state index in [-0.39, 0.29) is 0 Å². The van der Waals surface area contributed by atoms with Crippen LogP contribution in [0.2, 0.25) is 0 Å². The van der Waals surface area contributed by atoms with Crippen LogP contribution in [-0.4, -0.2) is 28.3 Å². The lowest BCUT2D eigenvalue weighted by molar-refractivity contribution is 0.147. The first-order valence-corrected chi connectivity index (χ1v) is 9.52. The van der Waals surface area contributed by atoms with Crippen molar-refractivity contribution >= 4 is 10.8 Å². The molecule has 2 aliphatic rings. The van der Waals surface area contributed by atoms with Crippen molar-refractivity contribution < 1.29 is 4.21 Å². The zero-order valence-electron chi connectivity index (χ0n) is 12.9. The van der Waals surface area contributed by atoms with Crippen LogP contribution in [0.15, 0.2) is 0 Å². The minimum absolute atomic E-state index is 0.492. The highest BCUT2D eigenvalue weighted by atomic mass is 32.2. The number of rotatable bonds is 3. The zero-order valence-corrected chi connectivity index (χ0v) is 13.7. The molecule has 0 aromatic rings. The molecular formula is C16H31NOS. The molecule has 0 amide bonds. The van der Waals surface area contributed by atoms with E-state index in [4.69, 9.17) is 0 Å². The largest absolute Gasteiger partial charge is 0.314 e. The second-order valence-corrected chi connectivity index (χ2v) is 9.31. The fraction of sp³-hybridized carbons (Fsp3) is 1.00. The highest BCUT2D eigenvalue weighted by molar-refractivity contribution is 7.85. The molecular weight excluding hydrogens is 254 g/mol. The van der Waals surface area contributed by atoms with Gasteiger partial charge in [0, 0.05) is 28.3 Å². The summed E-state index contributed by atoms with van der Waals surface area (Å²) in [7, 11) is -0.524. The van der Waals surface area contributed by atoms with Crippen molar-refractivity contribution in [3.8, 4) is 0 Å². The average molecular weight is 285 g/mol. The van der Waals surface area contributed by atoms with Crippen LogP contribution in [0.5, 0.6) is 0 Å². The summed E-state index contributed by atoms with van der Waals surface area (Å²) in [6.45, 7) is 8.35.